The molecule has 2 aliphatic rings. The van der Waals surface area contributed by atoms with E-state index in [4.69, 9.17) is 0 Å². The molecule has 0 radical (unpaired) electrons. The van der Waals surface area contributed by atoms with Crippen LogP contribution in [0.1, 0.15) is 34.7 Å². The van der Waals surface area contributed by atoms with Gasteiger partial charge in [-0.15, -0.1) is 11.8 Å². The Kier molecular flexibility index (Phi) is 6.12. The second kappa shape index (κ2) is 9.13. The summed E-state index contributed by atoms with van der Waals surface area (Å²) in [5, 5.41) is 3.03. The van der Waals surface area contributed by atoms with Crippen molar-refractivity contribution < 1.29 is 14.4 Å². The van der Waals surface area contributed by atoms with E-state index in [-0.39, 0.29) is 30.0 Å². The molecular formula is C29H29N3O3S. The highest BCUT2D eigenvalue weighted by atomic mass is 32.2. The van der Waals surface area contributed by atoms with Gasteiger partial charge in [0.05, 0.1) is 11.4 Å². The first-order chi connectivity index (χ1) is 17.3. The average Bonchev–Trinajstić information content (AvgIpc) is 3.33. The molecule has 1 N–H and O–H groups in total. The highest BCUT2D eigenvalue weighted by Crippen LogP contribution is 2.55. The summed E-state index contributed by atoms with van der Waals surface area (Å²) in [5.74, 6) is -0.472. The van der Waals surface area contributed by atoms with E-state index in [0.717, 1.165) is 39.9 Å². The minimum Gasteiger partial charge on any atom is -0.324 e. The van der Waals surface area contributed by atoms with Crippen LogP contribution in [0.5, 0.6) is 0 Å². The van der Waals surface area contributed by atoms with Crippen LogP contribution in [0.2, 0.25) is 0 Å². The molecule has 1 spiro atoms. The van der Waals surface area contributed by atoms with E-state index in [1.54, 1.807) is 4.90 Å². The number of carbonyl (C=O) groups excluding carboxylic acids is 3. The predicted octanol–water partition coefficient (Wildman–Crippen LogP) is 5.09. The molecule has 5 rings (SSSR count). The molecule has 0 aliphatic carbocycles. The maximum Gasteiger partial charge on any atom is 0.269 e. The zero-order valence-electron chi connectivity index (χ0n) is 20.9. The summed E-state index contributed by atoms with van der Waals surface area (Å²) in [5.41, 5.74) is 7.07. The van der Waals surface area contributed by atoms with Crippen LogP contribution in [0, 0.1) is 20.8 Å². The van der Waals surface area contributed by atoms with E-state index in [2.05, 4.69) is 5.32 Å². The van der Waals surface area contributed by atoms with Gasteiger partial charge in [0.2, 0.25) is 16.7 Å². The lowest BCUT2D eigenvalue weighted by atomic mass is 10.0. The molecule has 3 aromatic carbocycles. The third-order valence-electron chi connectivity index (χ3n) is 7.12. The summed E-state index contributed by atoms with van der Waals surface area (Å²) in [6.45, 7) is 7.89. The van der Waals surface area contributed by atoms with Crippen LogP contribution in [0.3, 0.4) is 0 Å². The number of nitrogens with zero attached hydrogens (tertiary/aromatic N) is 2. The van der Waals surface area contributed by atoms with E-state index >= 15 is 0 Å². The van der Waals surface area contributed by atoms with E-state index in [1.807, 2.05) is 88.4 Å². The van der Waals surface area contributed by atoms with Crippen LogP contribution < -0.4 is 15.1 Å². The lowest BCUT2D eigenvalue weighted by Crippen LogP contribution is -2.51. The van der Waals surface area contributed by atoms with Crippen molar-refractivity contribution in [3.8, 4) is 0 Å². The number of carbonyl (C=O) groups is 3. The minimum atomic E-state index is -1.23. The van der Waals surface area contributed by atoms with E-state index in [9.17, 15) is 14.4 Å². The molecule has 0 saturated carbocycles. The molecule has 1 atom stereocenters. The first-order valence-corrected chi connectivity index (χ1v) is 13.1. The van der Waals surface area contributed by atoms with E-state index in [0.29, 0.717) is 11.4 Å². The van der Waals surface area contributed by atoms with Crippen LogP contribution in [-0.2, 0) is 25.7 Å². The number of fused-ring (bicyclic) bond motifs is 2. The summed E-state index contributed by atoms with van der Waals surface area (Å²) < 4.78 is 0. The number of benzene rings is 3. The van der Waals surface area contributed by atoms with Crippen LogP contribution >= 0.6 is 11.8 Å². The Morgan fingerprint density at radius 3 is 2.50 bits per heavy atom. The van der Waals surface area contributed by atoms with Gasteiger partial charge in [0.25, 0.3) is 5.91 Å². The second-order valence-corrected chi connectivity index (χ2v) is 10.5. The van der Waals surface area contributed by atoms with E-state index < -0.39 is 4.87 Å². The molecule has 0 aromatic heterocycles. The number of rotatable bonds is 5. The lowest BCUT2D eigenvalue weighted by molar-refractivity contribution is -0.124. The van der Waals surface area contributed by atoms with Crippen LogP contribution in [-0.4, -0.2) is 30.0 Å². The molecule has 3 amide bonds. The monoisotopic (exact) mass is 499 g/mol. The van der Waals surface area contributed by atoms with Crippen molar-refractivity contribution in [1.82, 2.24) is 0 Å². The summed E-state index contributed by atoms with van der Waals surface area (Å²) in [6.07, 6.45) is 0.787. The van der Waals surface area contributed by atoms with Crippen molar-refractivity contribution in [2.24, 2.45) is 0 Å². The van der Waals surface area contributed by atoms with Crippen molar-refractivity contribution in [3.63, 3.8) is 0 Å². The highest BCUT2D eigenvalue weighted by Gasteiger charge is 2.61. The Morgan fingerprint density at radius 2 is 1.75 bits per heavy atom. The van der Waals surface area contributed by atoms with Gasteiger partial charge in [-0.2, -0.15) is 0 Å². The number of hydrogen-bond acceptors (Lipinski definition) is 4. The van der Waals surface area contributed by atoms with Gasteiger partial charge in [0, 0.05) is 16.9 Å². The fourth-order valence-corrected chi connectivity index (χ4v) is 6.46. The molecule has 6 nitrogen and oxygen atoms in total. The summed E-state index contributed by atoms with van der Waals surface area (Å²) in [4.78, 5) is 42.6. The Hall–Kier alpha value is -3.58. The van der Waals surface area contributed by atoms with Gasteiger partial charge < -0.3 is 5.32 Å². The Balaban J connectivity index is 1.52. The second-order valence-electron chi connectivity index (χ2n) is 9.35. The molecular weight excluding hydrogens is 470 g/mol. The molecule has 36 heavy (non-hydrogen) atoms. The molecule has 7 heteroatoms. The van der Waals surface area contributed by atoms with Crippen LogP contribution in [0.15, 0.2) is 60.7 Å². The number of nitrogens with one attached hydrogen (secondary N) is 1. The molecule has 2 heterocycles. The van der Waals surface area contributed by atoms with Gasteiger partial charge in [-0.05, 0) is 67.6 Å². The zero-order valence-corrected chi connectivity index (χ0v) is 21.7. The quantitative estimate of drug-likeness (QED) is 0.531. The zero-order chi connectivity index (χ0) is 25.6. The SMILES string of the molecule is CCc1cccc(C)c1NC(=O)CN1C(=O)[C@]2(SCC(=O)N2c2ccc(C)c(C)c2)c2ccccc21. The average molecular weight is 500 g/mol. The van der Waals surface area contributed by atoms with Gasteiger partial charge in [-0.3, -0.25) is 24.2 Å². The minimum absolute atomic E-state index is 0.120. The number of anilines is 3. The van der Waals surface area contributed by atoms with Crippen molar-refractivity contribution in [2.75, 3.05) is 27.4 Å². The normalized spacial score (nSPS) is 18.8. The Bertz CT molecular complexity index is 1400. The fraction of sp³-hybridized carbons (Fsp3) is 0.276. The fourth-order valence-electron chi connectivity index (χ4n) is 5.10. The van der Waals surface area contributed by atoms with Gasteiger partial charge in [-0.1, -0.05) is 49.4 Å². The van der Waals surface area contributed by atoms with Gasteiger partial charge >= 0.3 is 0 Å². The first kappa shape index (κ1) is 24.1. The lowest BCUT2D eigenvalue weighted by Gasteiger charge is -2.33. The topological polar surface area (TPSA) is 69.7 Å². The van der Waals surface area contributed by atoms with Gasteiger partial charge in [0.1, 0.15) is 6.54 Å². The summed E-state index contributed by atoms with van der Waals surface area (Å²) >= 11 is 1.32. The van der Waals surface area contributed by atoms with Crippen LogP contribution in [0.4, 0.5) is 17.1 Å². The molecule has 0 bridgehead atoms. The van der Waals surface area contributed by atoms with Crippen molar-refractivity contribution >= 4 is 46.5 Å². The third-order valence-corrected chi connectivity index (χ3v) is 8.50. The molecule has 0 unspecified atom stereocenters. The van der Waals surface area contributed by atoms with Crippen LogP contribution in [0.25, 0.3) is 0 Å². The standard InChI is InChI=1S/C29H29N3O3S/c1-5-21-10-8-9-19(3)27(21)30-25(33)16-31-24-12-7-6-11-23(24)29(28(31)35)32(26(34)17-36-29)22-14-13-18(2)20(4)15-22/h6-15H,5,16-17H2,1-4H3,(H,30,33)/t29-/m1/s1. The molecule has 2 aliphatic heterocycles. The van der Waals surface area contributed by atoms with E-state index in [1.165, 1.54) is 16.7 Å². The predicted molar refractivity (Wildman–Crippen MR) is 146 cm³/mol. The van der Waals surface area contributed by atoms with Gasteiger partial charge in [0.15, 0.2) is 0 Å². The number of aryl methyl sites for hydroxylation is 4. The summed E-state index contributed by atoms with van der Waals surface area (Å²) in [7, 11) is 0. The third kappa shape index (κ3) is 3.69. The van der Waals surface area contributed by atoms with Crippen molar-refractivity contribution in [3.05, 3.63) is 88.5 Å². The smallest absolute Gasteiger partial charge is 0.269 e. The number of para-hydroxylation sites is 2. The molecule has 184 valence electrons. The maximum absolute atomic E-state index is 14.2. The number of hydrogen-bond donors (Lipinski definition) is 1. The first-order valence-electron chi connectivity index (χ1n) is 12.1. The largest absolute Gasteiger partial charge is 0.324 e. The molecule has 1 fully saturated rings. The Labute approximate surface area is 215 Å². The highest BCUT2D eigenvalue weighted by molar-refractivity contribution is 8.02. The molecule has 3 aromatic rings. The van der Waals surface area contributed by atoms with Crippen molar-refractivity contribution in [1.29, 1.82) is 0 Å². The van der Waals surface area contributed by atoms with Crippen molar-refractivity contribution in [2.45, 2.75) is 39.0 Å². The Morgan fingerprint density at radius 1 is 0.972 bits per heavy atom. The maximum atomic E-state index is 14.2. The summed E-state index contributed by atoms with van der Waals surface area (Å²) in [6, 6.07) is 19.2. The number of amides is 3. The molecule has 1 saturated heterocycles. The number of thioether (sulfide) groups is 1. The van der Waals surface area contributed by atoms with Gasteiger partial charge in [-0.25, -0.2) is 0 Å².